The third kappa shape index (κ3) is 6.33. The van der Waals surface area contributed by atoms with Crippen LogP contribution in [0.4, 0.5) is 10.1 Å². The number of anilines is 1. The van der Waals surface area contributed by atoms with Gasteiger partial charge in [-0.3, -0.25) is 4.99 Å². The van der Waals surface area contributed by atoms with Gasteiger partial charge in [0.2, 0.25) is 0 Å². The zero-order valence-electron chi connectivity index (χ0n) is 17.4. The molecule has 0 saturated heterocycles. The van der Waals surface area contributed by atoms with Crippen molar-refractivity contribution in [3.63, 3.8) is 0 Å². The number of rotatable bonds is 9. The Morgan fingerprint density at radius 2 is 2.13 bits per heavy atom. The molecule has 1 aliphatic heterocycles. The van der Waals surface area contributed by atoms with Crippen LogP contribution in [0.3, 0.4) is 0 Å². The standard InChI is InChI=1S/C22H28FN3O4/c1-24-22(26-19-5-3-6-20(13-19)29-10-4-9-27-2)25-8-7-16-11-18(23)12-17-14-28-15-30-21(16)17/h3,5-6,11-13H,4,7-10,14-15H2,1-2H3,(H2,24,25,26). The molecule has 0 saturated carbocycles. The molecule has 3 rings (SSSR count). The highest BCUT2D eigenvalue weighted by atomic mass is 19.1. The van der Waals surface area contributed by atoms with Gasteiger partial charge in [-0.15, -0.1) is 0 Å². The first kappa shape index (κ1) is 21.9. The molecule has 8 heteroatoms. The fourth-order valence-corrected chi connectivity index (χ4v) is 3.13. The molecular formula is C22H28FN3O4. The summed E-state index contributed by atoms with van der Waals surface area (Å²) in [4.78, 5) is 4.25. The average molecular weight is 417 g/mol. The van der Waals surface area contributed by atoms with Crippen molar-refractivity contribution < 1.29 is 23.3 Å². The second-order valence-corrected chi connectivity index (χ2v) is 6.76. The Balaban J connectivity index is 1.53. The minimum absolute atomic E-state index is 0.187. The van der Waals surface area contributed by atoms with Gasteiger partial charge < -0.3 is 29.6 Å². The molecule has 7 nitrogen and oxygen atoms in total. The molecule has 1 heterocycles. The second-order valence-electron chi connectivity index (χ2n) is 6.76. The van der Waals surface area contributed by atoms with Gasteiger partial charge in [0.15, 0.2) is 12.8 Å². The van der Waals surface area contributed by atoms with Gasteiger partial charge >= 0.3 is 0 Å². The molecule has 0 bridgehead atoms. The number of halogens is 1. The van der Waals surface area contributed by atoms with Gasteiger partial charge in [-0.25, -0.2) is 4.39 Å². The van der Waals surface area contributed by atoms with E-state index in [1.807, 2.05) is 24.3 Å². The van der Waals surface area contributed by atoms with Crippen LogP contribution < -0.4 is 20.1 Å². The normalized spacial score (nSPS) is 13.4. The van der Waals surface area contributed by atoms with Gasteiger partial charge in [-0.05, 0) is 36.2 Å². The van der Waals surface area contributed by atoms with Gasteiger partial charge in [-0.2, -0.15) is 0 Å². The average Bonchev–Trinajstić information content (AvgIpc) is 2.76. The number of hydrogen-bond acceptors (Lipinski definition) is 5. The molecule has 2 N–H and O–H groups in total. The molecule has 0 aliphatic carbocycles. The lowest BCUT2D eigenvalue weighted by Gasteiger charge is -2.21. The number of nitrogens with zero attached hydrogens (tertiary/aromatic N) is 1. The van der Waals surface area contributed by atoms with Crippen LogP contribution in [0.2, 0.25) is 0 Å². The minimum atomic E-state index is -0.289. The maximum Gasteiger partial charge on any atom is 0.195 e. The Labute approximate surface area is 176 Å². The van der Waals surface area contributed by atoms with Crippen LogP contribution in [-0.4, -0.2) is 46.7 Å². The van der Waals surface area contributed by atoms with Gasteiger partial charge in [0.25, 0.3) is 0 Å². The van der Waals surface area contributed by atoms with Crippen LogP contribution in [0.15, 0.2) is 41.4 Å². The summed E-state index contributed by atoms with van der Waals surface area (Å²) < 4.78 is 35.4. The topological polar surface area (TPSA) is 73.3 Å². The molecule has 0 fully saturated rings. The first-order valence-corrected chi connectivity index (χ1v) is 9.91. The summed E-state index contributed by atoms with van der Waals surface area (Å²) in [5.74, 6) is 1.81. The van der Waals surface area contributed by atoms with E-state index in [0.29, 0.717) is 44.5 Å². The summed E-state index contributed by atoms with van der Waals surface area (Å²) in [5, 5.41) is 6.48. The van der Waals surface area contributed by atoms with Crippen LogP contribution in [0.5, 0.6) is 11.5 Å². The highest BCUT2D eigenvalue weighted by Gasteiger charge is 2.16. The Morgan fingerprint density at radius 1 is 1.23 bits per heavy atom. The molecule has 0 amide bonds. The van der Waals surface area contributed by atoms with E-state index in [4.69, 9.17) is 18.9 Å². The monoisotopic (exact) mass is 417 g/mol. The lowest BCUT2D eigenvalue weighted by atomic mass is 10.1. The molecule has 0 atom stereocenters. The quantitative estimate of drug-likeness (QED) is 0.370. The number of fused-ring (bicyclic) bond motifs is 1. The predicted molar refractivity (Wildman–Crippen MR) is 114 cm³/mol. The first-order chi connectivity index (χ1) is 14.7. The van der Waals surface area contributed by atoms with Crippen molar-refractivity contribution in [1.82, 2.24) is 5.32 Å². The molecule has 1 aliphatic rings. The van der Waals surface area contributed by atoms with E-state index in [0.717, 1.165) is 29.0 Å². The van der Waals surface area contributed by atoms with Crippen LogP contribution >= 0.6 is 0 Å². The van der Waals surface area contributed by atoms with Crippen molar-refractivity contribution >= 4 is 11.6 Å². The minimum Gasteiger partial charge on any atom is -0.493 e. The fourth-order valence-electron chi connectivity index (χ4n) is 3.13. The maximum atomic E-state index is 13.9. The molecule has 2 aromatic rings. The predicted octanol–water partition coefficient (Wildman–Crippen LogP) is 3.34. The van der Waals surface area contributed by atoms with Crippen LogP contribution in [0.25, 0.3) is 0 Å². The lowest BCUT2D eigenvalue weighted by Crippen LogP contribution is -2.32. The Kier molecular flexibility index (Phi) is 8.29. The zero-order valence-corrected chi connectivity index (χ0v) is 17.4. The summed E-state index contributed by atoms with van der Waals surface area (Å²) >= 11 is 0. The van der Waals surface area contributed by atoms with Crippen molar-refractivity contribution in [3.05, 3.63) is 53.3 Å². The number of ether oxygens (including phenoxy) is 4. The summed E-state index contributed by atoms with van der Waals surface area (Å²) in [6.45, 7) is 2.37. The number of methoxy groups -OCH3 is 1. The maximum absolute atomic E-state index is 13.9. The zero-order chi connectivity index (χ0) is 21.2. The number of benzene rings is 2. The van der Waals surface area contributed by atoms with Gasteiger partial charge in [0.05, 0.1) is 13.2 Å². The van der Waals surface area contributed by atoms with E-state index in [1.54, 1.807) is 14.2 Å². The van der Waals surface area contributed by atoms with Crippen molar-refractivity contribution in [2.75, 3.05) is 46.0 Å². The van der Waals surface area contributed by atoms with Gasteiger partial charge in [0.1, 0.15) is 17.3 Å². The van der Waals surface area contributed by atoms with E-state index in [-0.39, 0.29) is 12.6 Å². The highest BCUT2D eigenvalue weighted by molar-refractivity contribution is 5.93. The molecule has 30 heavy (non-hydrogen) atoms. The van der Waals surface area contributed by atoms with Crippen molar-refractivity contribution in [1.29, 1.82) is 0 Å². The molecule has 0 aromatic heterocycles. The Bertz CT molecular complexity index is 860. The van der Waals surface area contributed by atoms with E-state index < -0.39 is 0 Å². The summed E-state index contributed by atoms with van der Waals surface area (Å²) in [7, 11) is 3.37. The van der Waals surface area contributed by atoms with Gasteiger partial charge in [-0.1, -0.05) is 6.07 Å². The second kappa shape index (κ2) is 11.4. The number of aliphatic imine (C=N–C) groups is 1. The van der Waals surface area contributed by atoms with E-state index >= 15 is 0 Å². The highest BCUT2D eigenvalue weighted by Crippen LogP contribution is 2.29. The van der Waals surface area contributed by atoms with Gasteiger partial charge in [0, 0.05) is 51.0 Å². The largest absolute Gasteiger partial charge is 0.493 e. The summed E-state index contributed by atoms with van der Waals surface area (Å²) in [6, 6.07) is 10.6. The van der Waals surface area contributed by atoms with E-state index in [1.165, 1.54) is 12.1 Å². The van der Waals surface area contributed by atoms with Crippen molar-refractivity contribution in [3.8, 4) is 11.5 Å². The fraction of sp³-hybridized carbons (Fsp3) is 0.409. The molecule has 0 unspecified atom stereocenters. The number of guanidine groups is 1. The smallest absolute Gasteiger partial charge is 0.195 e. The molecule has 2 aromatic carbocycles. The lowest BCUT2D eigenvalue weighted by molar-refractivity contribution is -0.0172. The van der Waals surface area contributed by atoms with Crippen LogP contribution in [-0.2, 0) is 22.5 Å². The first-order valence-electron chi connectivity index (χ1n) is 9.91. The Morgan fingerprint density at radius 3 is 2.97 bits per heavy atom. The SMILES string of the molecule is CN=C(NCCc1cc(F)cc2c1OCOC2)Nc1cccc(OCCCOC)c1. The number of nitrogens with one attached hydrogen (secondary N) is 2. The molecule has 0 spiro atoms. The van der Waals surface area contributed by atoms with E-state index in [2.05, 4.69) is 15.6 Å². The molecular weight excluding hydrogens is 389 g/mol. The summed E-state index contributed by atoms with van der Waals surface area (Å²) in [6.07, 6.45) is 1.42. The van der Waals surface area contributed by atoms with Crippen LogP contribution in [0, 0.1) is 5.82 Å². The van der Waals surface area contributed by atoms with Crippen molar-refractivity contribution in [2.45, 2.75) is 19.4 Å². The third-order valence-electron chi connectivity index (χ3n) is 4.52. The summed E-state index contributed by atoms with van der Waals surface area (Å²) in [5.41, 5.74) is 2.40. The number of hydrogen-bond donors (Lipinski definition) is 2. The Hall–Kier alpha value is -2.84. The molecule has 162 valence electrons. The third-order valence-corrected chi connectivity index (χ3v) is 4.52. The van der Waals surface area contributed by atoms with Crippen LogP contribution in [0.1, 0.15) is 17.5 Å². The molecule has 0 radical (unpaired) electrons. The van der Waals surface area contributed by atoms with Crippen molar-refractivity contribution in [2.24, 2.45) is 4.99 Å². The van der Waals surface area contributed by atoms with E-state index in [9.17, 15) is 4.39 Å².